The number of carbonyl (C=O) groups is 2. The molecule has 1 heterocycles. The Balaban J connectivity index is 1.85. The first-order valence-electron chi connectivity index (χ1n) is 5.85. The van der Waals surface area contributed by atoms with Crippen molar-refractivity contribution in [3.05, 3.63) is 50.6 Å². The van der Waals surface area contributed by atoms with Crippen molar-refractivity contribution >= 4 is 39.5 Å². The fourth-order valence-electron chi connectivity index (χ4n) is 1.54. The number of aldehydes is 1. The van der Waals surface area contributed by atoms with E-state index in [1.54, 1.807) is 29.5 Å². The van der Waals surface area contributed by atoms with Gasteiger partial charge in [-0.1, -0.05) is 22.0 Å². The quantitative estimate of drug-likeness (QED) is 0.812. The van der Waals surface area contributed by atoms with Crippen LogP contribution in [0.3, 0.4) is 0 Å². The van der Waals surface area contributed by atoms with Gasteiger partial charge in [-0.2, -0.15) is 0 Å². The molecule has 0 saturated carbocycles. The molecule has 1 aromatic carbocycles. The summed E-state index contributed by atoms with van der Waals surface area (Å²) in [5, 5.41) is 4.71. The van der Waals surface area contributed by atoms with E-state index in [4.69, 9.17) is 4.74 Å². The van der Waals surface area contributed by atoms with E-state index in [1.165, 1.54) is 0 Å². The molecule has 0 fully saturated rings. The fraction of sp³-hybridized carbons (Fsp3) is 0.143. The minimum absolute atomic E-state index is 0.117. The molecule has 0 aliphatic carbocycles. The van der Waals surface area contributed by atoms with E-state index in [2.05, 4.69) is 21.2 Å². The molecule has 104 valence electrons. The molecule has 6 heteroatoms. The van der Waals surface area contributed by atoms with Crippen molar-refractivity contribution in [1.82, 2.24) is 5.32 Å². The van der Waals surface area contributed by atoms with Gasteiger partial charge in [-0.15, -0.1) is 11.3 Å². The second-order valence-electron chi connectivity index (χ2n) is 3.94. The first-order valence-corrected chi connectivity index (χ1v) is 7.53. The topological polar surface area (TPSA) is 55.4 Å². The predicted molar refractivity (Wildman–Crippen MR) is 81.2 cm³/mol. The van der Waals surface area contributed by atoms with E-state index < -0.39 is 0 Å². The average molecular weight is 354 g/mol. The highest BCUT2D eigenvalue weighted by Crippen LogP contribution is 2.21. The van der Waals surface area contributed by atoms with Crippen LogP contribution in [0.1, 0.15) is 15.2 Å². The third kappa shape index (κ3) is 4.18. The highest BCUT2D eigenvalue weighted by molar-refractivity contribution is 9.10. The van der Waals surface area contributed by atoms with Gasteiger partial charge in [0.15, 0.2) is 12.9 Å². The number of hydrogen-bond donors (Lipinski definition) is 1. The Kier molecular flexibility index (Phi) is 5.31. The smallest absolute Gasteiger partial charge is 0.258 e. The van der Waals surface area contributed by atoms with Crippen LogP contribution in [0.25, 0.3) is 0 Å². The molecule has 0 atom stereocenters. The summed E-state index contributed by atoms with van der Waals surface area (Å²) in [5.41, 5.74) is 0.408. The van der Waals surface area contributed by atoms with Crippen LogP contribution in [0.2, 0.25) is 0 Å². The number of benzene rings is 1. The number of carbonyl (C=O) groups excluding carboxylic acids is 2. The summed E-state index contributed by atoms with van der Waals surface area (Å²) in [6.45, 7) is 0.370. The van der Waals surface area contributed by atoms with E-state index in [0.29, 0.717) is 24.1 Å². The lowest BCUT2D eigenvalue weighted by Gasteiger charge is -2.09. The summed E-state index contributed by atoms with van der Waals surface area (Å²) in [7, 11) is 0. The summed E-state index contributed by atoms with van der Waals surface area (Å²) < 4.78 is 6.14. The lowest BCUT2D eigenvalue weighted by molar-refractivity contribution is -0.123. The average Bonchev–Trinajstić information content (AvgIpc) is 2.97. The molecule has 0 bridgehead atoms. The van der Waals surface area contributed by atoms with E-state index in [-0.39, 0.29) is 12.5 Å². The number of thiophene rings is 1. The Morgan fingerprint density at radius 1 is 1.40 bits per heavy atom. The molecule has 2 aromatic rings. The summed E-state index contributed by atoms with van der Waals surface area (Å²) in [6, 6.07) is 8.93. The van der Waals surface area contributed by atoms with Crippen LogP contribution in [0.15, 0.2) is 40.2 Å². The Hall–Kier alpha value is -1.66. The molecule has 0 unspecified atom stereocenters. The van der Waals surface area contributed by atoms with Crippen LogP contribution in [-0.4, -0.2) is 18.8 Å². The van der Waals surface area contributed by atoms with Gasteiger partial charge in [-0.3, -0.25) is 9.59 Å². The van der Waals surface area contributed by atoms with Crippen LogP contribution in [-0.2, 0) is 11.3 Å². The van der Waals surface area contributed by atoms with Gasteiger partial charge in [0, 0.05) is 9.35 Å². The van der Waals surface area contributed by atoms with Crippen molar-refractivity contribution in [2.45, 2.75) is 6.54 Å². The molecule has 0 saturated heterocycles. The first-order chi connectivity index (χ1) is 9.69. The largest absolute Gasteiger partial charge is 0.483 e. The van der Waals surface area contributed by atoms with Gasteiger partial charge in [0.1, 0.15) is 5.75 Å². The van der Waals surface area contributed by atoms with Crippen LogP contribution < -0.4 is 10.1 Å². The van der Waals surface area contributed by atoms with Crippen LogP contribution in [0.4, 0.5) is 0 Å². The third-order valence-corrected chi connectivity index (χ3v) is 3.87. The zero-order valence-corrected chi connectivity index (χ0v) is 12.9. The highest BCUT2D eigenvalue weighted by Gasteiger charge is 2.07. The minimum Gasteiger partial charge on any atom is -0.483 e. The molecule has 2 rings (SSSR count). The highest BCUT2D eigenvalue weighted by atomic mass is 79.9. The maximum absolute atomic E-state index is 11.6. The number of amides is 1. The molecular formula is C14H12BrNO3S. The van der Waals surface area contributed by atoms with Crippen molar-refractivity contribution in [3.63, 3.8) is 0 Å². The van der Waals surface area contributed by atoms with Gasteiger partial charge in [0.25, 0.3) is 5.91 Å². The molecule has 0 radical (unpaired) electrons. The predicted octanol–water partition coefficient (Wildman–Crippen LogP) is 3.02. The Morgan fingerprint density at radius 2 is 2.25 bits per heavy atom. The molecule has 1 N–H and O–H groups in total. The maximum Gasteiger partial charge on any atom is 0.258 e. The normalized spacial score (nSPS) is 10.1. The van der Waals surface area contributed by atoms with Gasteiger partial charge in [-0.05, 0) is 29.6 Å². The number of nitrogens with one attached hydrogen (secondary N) is 1. The van der Waals surface area contributed by atoms with Crippen LogP contribution >= 0.6 is 27.3 Å². The summed E-state index contributed by atoms with van der Waals surface area (Å²) in [4.78, 5) is 23.6. The Bertz CT molecular complexity index is 598. The van der Waals surface area contributed by atoms with Crippen LogP contribution in [0.5, 0.6) is 5.75 Å². The second kappa shape index (κ2) is 7.21. The van der Waals surface area contributed by atoms with Crippen molar-refractivity contribution < 1.29 is 14.3 Å². The molecule has 0 aliphatic rings. The summed E-state index contributed by atoms with van der Waals surface area (Å²) in [5.74, 6) is 0.174. The second-order valence-corrected chi connectivity index (χ2v) is 5.89. The van der Waals surface area contributed by atoms with E-state index >= 15 is 0 Å². The third-order valence-electron chi connectivity index (χ3n) is 2.50. The van der Waals surface area contributed by atoms with E-state index in [9.17, 15) is 9.59 Å². The molecule has 1 amide bonds. The Morgan fingerprint density at radius 3 is 2.95 bits per heavy atom. The molecule has 1 aromatic heterocycles. The lowest BCUT2D eigenvalue weighted by atomic mass is 10.2. The molecule has 20 heavy (non-hydrogen) atoms. The molecule has 0 spiro atoms. The fourth-order valence-corrected chi connectivity index (χ4v) is 2.56. The van der Waals surface area contributed by atoms with Crippen LogP contribution in [0, 0.1) is 0 Å². The van der Waals surface area contributed by atoms with Crippen molar-refractivity contribution in [1.29, 1.82) is 0 Å². The number of ether oxygens (including phenoxy) is 1. The van der Waals surface area contributed by atoms with Gasteiger partial charge in [0.05, 0.1) is 12.1 Å². The monoisotopic (exact) mass is 353 g/mol. The SMILES string of the molecule is O=Cc1cc(Br)ccc1OCC(=O)NCc1cccs1. The summed E-state index contributed by atoms with van der Waals surface area (Å²) in [6.07, 6.45) is 0.698. The number of rotatable bonds is 6. The van der Waals surface area contributed by atoms with Crippen molar-refractivity contribution in [2.24, 2.45) is 0 Å². The lowest BCUT2D eigenvalue weighted by Crippen LogP contribution is -2.28. The summed E-state index contributed by atoms with van der Waals surface area (Å²) >= 11 is 4.85. The van der Waals surface area contributed by atoms with Gasteiger partial charge in [-0.25, -0.2) is 0 Å². The van der Waals surface area contributed by atoms with Gasteiger partial charge in [0.2, 0.25) is 0 Å². The molecule has 4 nitrogen and oxygen atoms in total. The number of hydrogen-bond acceptors (Lipinski definition) is 4. The first kappa shape index (κ1) is 14.7. The Labute approximate surface area is 128 Å². The zero-order chi connectivity index (χ0) is 14.4. The maximum atomic E-state index is 11.6. The number of halogens is 1. The van der Waals surface area contributed by atoms with Crippen molar-refractivity contribution in [2.75, 3.05) is 6.61 Å². The van der Waals surface area contributed by atoms with Gasteiger partial charge >= 0.3 is 0 Å². The van der Waals surface area contributed by atoms with E-state index in [1.807, 2.05) is 17.5 Å². The minimum atomic E-state index is -0.224. The standard InChI is InChI=1S/C14H12BrNO3S/c15-11-3-4-13(10(6-11)8-17)19-9-14(18)16-7-12-2-1-5-20-12/h1-6,8H,7,9H2,(H,16,18). The molecular weight excluding hydrogens is 342 g/mol. The van der Waals surface area contributed by atoms with Gasteiger partial charge < -0.3 is 10.1 Å². The van der Waals surface area contributed by atoms with E-state index in [0.717, 1.165) is 9.35 Å². The molecule has 0 aliphatic heterocycles. The zero-order valence-electron chi connectivity index (χ0n) is 10.5. The van der Waals surface area contributed by atoms with Crippen molar-refractivity contribution in [3.8, 4) is 5.75 Å².